The highest BCUT2D eigenvalue weighted by Crippen LogP contribution is 2.28. The zero-order valence-electron chi connectivity index (χ0n) is 10.5. The molecule has 0 radical (unpaired) electrons. The van der Waals surface area contributed by atoms with E-state index in [4.69, 9.17) is 0 Å². The van der Waals surface area contributed by atoms with E-state index in [9.17, 15) is 4.79 Å². The van der Waals surface area contributed by atoms with Crippen LogP contribution in [0.5, 0.6) is 0 Å². The largest absolute Gasteiger partial charge is 0.352 e. The molecule has 1 saturated carbocycles. The molecule has 2 fully saturated rings. The summed E-state index contributed by atoms with van der Waals surface area (Å²) in [4.78, 5) is 12.0. The minimum absolute atomic E-state index is 0.0764. The number of carbonyl (C=O) groups is 1. The second-order valence-electron chi connectivity index (χ2n) is 5.77. The van der Waals surface area contributed by atoms with Crippen LogP contribution in [0.2, 0.25) is 0 Å². The third-order valence-corrected chi connectivity index (χ3v) is 3.90. The molecule has 2 rings (SSSR count). The fourth-order valence-corrected chi connectivity index (χ4v) is 3.27. The third kappa shape index (κ3) is 2.97. The Bertz CT molecular complexity index is 238. The van der Waals surface area contributed by atoms with E-state index in [1.54, 1.807) is 0 Å². The van der Waals surface area contributed by atoms with Gasteiger partial charge in [0.25, 0.3) is 0 Å². The first-order chi connectivity index (χ1) is 7.65. The first kappa shape index (κ1) is 11.9. The van der Waals surface area contributed by atoms with Crippen molar-refractivity contribution in [3.63, 3.8) is 0 Å². The molecule has 92 valence electrons. The van der Waals surface area contributed by atoms with Crippen molar-refractivity contribution in [1.29, 1.82) is 0 Å². The van der Waals surface area contributed by atoms with Gasteiger partial charge in [0.15, 0.2) is 0 Å². The average molecular weight is 224 g/mol. The van der Waals surface area contributed by atoms with Crippen molar-refractivity contribution >= 4 is 5.91 Å². The molecule has 0 aromatic heterocycles. The zero-order chi connectivity index (χ0) is 11.5. The van der Waals surface area contributed by atoms with Crippen LogP contribution >= 0.6 is 0 Å². The fraction of sp³-hybridized carbons (Fsp3) is 0.923. The Balaban J connectivity index is 1.81. The van der Waals surface area contributed by atoms with Gasteiger partial charge >= 0.3 is 0 Å². The zero-order valence-corrected chi connectivity index (χ0v) is 10.5. The number of rotatable bonds is 2. The van der Waals surface area contributed by atoms with Crippen LogP contribution in [0.1, 0.15) is 46.0 Å². The van der Waals surface area contributed by atoms with Gasteiger partial charge < -0.3 is 10.6 Å². The van der Waals surface area contributed by atoms with Crippen molar-refractivity contribution in [3.8, 4) is 0 Å². The van der Waals surface area contributed by atoms with E-state index in [0.717, 1.165) is 44.1 Å². The molecule has 3 atom stereocenters. The van der Waals surface area contributed by atoms with Gasteiger partial charge in [-0.25, -0.2) is 0 Å². The van der Waals surface area contributed by atoms with Gasteiger partial charge in [0, 0.05) is 6.04 Å². The topological polar surface area (TPSA) is 41.1 Å². The Morgan fingerprint density at radius 1 is 1.19 bits per heavy atom. The van der Waals surface area contributed by atoms with Crippen LogP contribution in [0.15, 0.2) is 0 Å². The molecular weight excluding hydrogens is 200 g/mol. The summed E-state index contributed by atoms with van der Waals surface area (Å²) in [6.45, 7) is 5.58. The molecule has 1 aliphatic carbocycles. The van der Waals surface area contributed by atoms with Crippen LogP contribution < -0.4 is 10.6 Å². The highest BCUT2D eigenvalue weighted by molar-refractivity contribution is 5.82. The molecule has 0 aromatic carbocycles. The number of hydrogen-bond acceptors (Lipinski definition) is 2. The summed E-state index contributed by atoms with van der Waals surface area (Å²) in [5.74, 6) is 1.74. The quantitative estimate of drug-likeness (QED) is 0.749. The van der Waals surface area contributed by atoms with E-state index < -0.39 is 0 Å². The Labute approximate surface area is 98.4 Å². The fourth-order valence-electron chi connectivity index (χ4n) is 3.27. The van der Waals surface area contributed by atoms with Crippen LogP contribution in [0.25, 0.3) is 0 Å². The molecule has 0 spiro atoms. The summed E-state index contributed by atoms with van der Waals surface area (Å²) >= 11 is 0. The first-order valence-corrected chi connectivity index (χ1v) is 6.69. The SMILES string of the molecule is CC1CC(C)CC(NC(=O)C2CCCN2)C1. The van der Waals surface area contributed by atoms with Crippen molar-refractivity contribution in [2.24, 2.45) is 11.8 Å². The minimum atomic E-state index is 0.0764. The summed E-state index contributed by atoms with van der Waals surface area (Å²) in [6, 6.07) is 0.487. The number of amides is 1. The first-order valence-electron chi connectivity index (χ1n) is 6.69. The smallest absolute Gasteiger partial charge is 0.237 e. The molecule has 0 bridgehead atoms. The highest BCUT2D eigenvalue weighted by atomic mass is 16.2. The second-order valence-corrected chi connectivity index (χ2v) is 5.77. The molecule has 2 N–H and O–H groups in total. The van der Waals surface area contributed by atoms with Gasteiger partial charge in [-0.3, -0.25) is 4.79 Å². The molecule has 1 saturated heterocycles. The number of hydrogen-bond donors (Lipinski definition) is 2. The van der Waals surface area contributed by atoms with Crippen molar-refractivity contribution in [2.75, 3.05) is 6.54 Å². The molecule has 1 heterocycles. The van der Waals surface area contributed by atoms with Gasteiger partial charge in [0.05, 0.1) is 6.04 Å². The van der Waals surface area contributed by atoms with Crippen molar-refractivity contribution in [2.45, 2.75) is 58.0 Å². The molecule has 3 unspecified atom stereocenters. The second kappa shape index (κ2) is 5.17. The van der Waals surface area contributed by atoms with Gasteiger partial charge in [-0.15, -0.1) is 0 Å². The van der Waals surface area contributed by atoms with Crippen molar-refractivity contribution in [3.05, 3.63) is 0 Å². The van der Waals surface area contributed by atoms with Crippen LogP contribution in [0, 0.1) is 11.8 Å². The van der Waals surface area contributed by atoms with E-state index in [1.807, 2.05) is 0 Å². The number of nitrogens with one attached hydrogen (secondary N) is 2. The Hall–Kier alpha value is -0.570. The summed E-state index contributed by atoms with van der Waals surface area (Å²) < 4.78 is 0. The maximum atomic E-state index is 12.0. The predicted molar refractivity (Wildman–Crippen MR) is 65.1 cm³/mol. The van der Waals surface area contributed by atoms with Crippen LogP contribution in [0.4, 0.5) is 0 Å². The lowest BCUT2D eigenvalue weighted by atomic mass is 9.80. The monoisotopic (exact) mass is 224 g/mol. The van der Waals surface area contributed by atoms with Crippen molar-refractivity contribution in [1.82, 2.24) is 10.6 Å². The van der Waals surface area contributed by atoms with E-state index in [0.29, 0.717) is 6.04 Å². The van der Waals surface area contributed by atoms with Gasteiger partial charge in [-0.05, 0) is 50.5 Å². The molecule has 1 aliphatic heterocycles. The van der Waals surface area contributed by atoms with Gasteiger partial charge in [0.1, 0.15) is 0 Å². The summed E-state index contributed by atoms with van der Waals surface area (Å²) in [7, 11) is 0. The summed E-state index contributed by atoms with van der Waals surface area (Å²) in [5.41, 5.74) is 0. The van der Waals surface area contributed by atoms with Crippen LogP contribution in [-0.2, 0) is 4.79 Å². The highest BCUT2D eigenvalue weighted by Gasteiger charge is 2.28. The number of carbonyl (C=O) groups excluding carboxylic acids is 1. The molecule has 1 amide bonds. The molecule has 16 heavy (non-hydrogen) atoms. The minimum Gasteiger partial charge on any atom is -0.352 e. The van der Waals surface area contributed by atoms with E-state index in [2.05, 4.69) is 24.5 Å². The summed E-state index contributed by atoms with van der Waals surface area (Å²) in [5, 5.41) is 6.48. The Morgan fingerprint density at radius 3 is 2.44 bits per heavy atom. The Kier molecular flexibility index (Phi) is 3.85. The summed E-state index contributed by atoms with van der Waals surface area (Å²) in [6.07, 6.45) is 5.76. The molecule has 2 aliphatic rings. The van der Waals surface area contributed by atoms with E-state index in [-0.39, 0.29) is 11.9 Å². The van der Waals surface area contributed by atoms with Crippen LogP contribution in [0.3, 0.4) is 0 Å². The van der Waals surface area contributed by atoms with Gasteiger partial charge in [-0.2, -0.15) is 0 Å². The predicted octanol–water partition coefficient (Wildman–Crippen LogP) is 1.68. The lowest BCUT2D eigenvalue weighted by Gasteiger charge is -2.32. The van der Waals surface area contributed by atoms with Crippen molar-refractivity contribution < 1.29 is 4.79 Å². The maximum Gasteiger partial charge on any atom is 0.237 e. The third-order valence-electron chi connectivity index (χ3n) is 3.90. The maximum absolute atomic E-state index is 12.0. The van der Waals surface area contributed by atoms with E-state index >= 15 is 0 Å². The molecule has 3 heteroatoms. The Morgan fingerprint density at radius 2 is 1.88 bits per heavy atom. The van der Waals surface area contributed by atoms with E-state index in [1.165, 1.54) is 6.42 Å². The lowest BCUT2D eigenvalue weighted by Crippen LogP contribution is -2.47. The molecular formula is C13H24N2O. The standard InChI is InChI=1S/C13H24N2O/c1-9-6-10(2)8-11(7-9)15-13(16)12-4-3-5-14-12/h9-12,14H,3-8H2,1-2H3,(H,15,16). The average Bonchev–Trinajstić information content (AvgIpc) is 2.68. The normalized spacial score (nSPS) is 39.6. The molecule has 3 nitrogen and oxygen atoms in total. The van der Waals surface area contributed by atoms with Gasteiger partial charge in [0.2, 0.25) is 5.91 Å². The lowest BCUT2D eigenvalue weighted by molar-refractivity contribution is -0.123. The molecule has 0 aromatic rings. The van der Waals surface area contributed by atoms with Crippen LogP contribution in [-0.4, -0.2) is 24.5 Å². The van der Waals surface area contributed by atoms with Gasteiger partial charge in [-0.1, -0.05) is 13.8 Å².